The van der Waals surface area contributed by atoms with E-state index in [1.807, 2.05) is 6.07 Å². The topological polar surface area (TPSA) is 118 Å². The third-order valence-corrected chi connectivity index (χ3v) is 7.13. The van der Waals surface area contributed by atoms with Gasteiger partial charge in [0.1, 0.15) is 16.7 Å². The van der Waals surface area contributed by atoms with E-state index in [2.05, 4.69) is 28.5 Å². The summed E-state index contributed by atoms with van der Waals surface area (Å²) in [6.45, 7) is 6.64. The molecule has 1 aliphatic heterocycles. The maximum Gasteiger partial charge on any atom is 0.245 e. The van der Waals surface area contributed by atoms with Crippen LogP contribution in [0.15, 0.2) is 47.6 Å². The van der Waals surface area contributed by atoms with Crippen LogP contribution >= 0.6 is 0 Å². The number of nitrogens with two attached hydrogens (primary N) is 1. The Labute approximate surface area is 189 Å². The molecule has 1 fully saturated rings. The first kappa shape index (κ1) is 24.1. The quantitative estimate of drug-likeness (QED) is 0.600. The number of hydrogen-bond acceptors (Lipinski definition) is 7. The molecule has 10 heteroatoms. The lowest BCUT2D eigenvalue weighted by molar-refractivity contribution is -0.134. The van der Waals surface area contributed by atoms with Gasteiger partial charge in [-0.05, 0) is 26.0 Å². The van der Waals surface area contributed by atoms with E-state index in [0.717, 1.165) is 18.7 Å². The molecule has 3 rings (SSSR count). The minimum absolute atomic E-state index is 0.0581. The zero-order valence-electron chi connectivity index (χ0n) is 18.7. The molecule has 2 heterocycles. The minimum atomic E-state index is -4.09. The number of benzene rings is 1. The van der Waals surface area contributed by atoms with Gasteiger partial charge in [0, 0.05) is 62.3 Å². The smallest absolute Gasteiger partial charge is 0.245 e. The van der Waals surface area contributed by atoms with Crippen LogP contribution in [-0.4, -0.2) is 81.0 Å². The molecule has 1 aliphatic rings. The van der Waals surface area contributed by atoms with Gasteiger partial charge in [-0.1, -0.05) is 18.2 Å². The molecule has 1 aromatic heterocycles. The highest BCUT2D eigenvalue weighted by Crippen LogP contribution is 2.35. The zero-order valence-corrected chi connectivity index (χ0v) is 19.5. The number of rotatable bonds is 8. The standard InChI is InChI=1S/C22H31N5O4S/c1-16(2)26-10-12-27(13-11-26)22(28)19(14-23)25-32(29,30)20-8-4-7-18(21(20)31-3)17-6-5-9-24-15-17/h4-9,15-16,19,25H,10-14,23H2,1-3H3/t19-/m0/s1. The molecule has 0 saturated carbocycles. The number of sulfonamides is 1. The van der Waals surface area contributed by atoms with E-state index < -0.39 is 16.1 Å². The highest BCUT2D eigenvalue weighted by Gasteiger charge is 2.32. The van der Waals surface area contributed by atoms with Crippen molar-refractivity contribution in [2.75, 3.05) is 39.8 Å². The van der Waals surface area contributed by atoms with Gasteiger partial charge in [-0.3, -0.25) is 14.7 Å². The molecule has 1 atom stereocenters. The SMILES string of the molecule is COc1c(-c2cccnc2)cccc1S(=O)(=O)N[C@@H](CN)C(=O)N1CCN(C(C)C)CC1. The lowest BCUT2D eigenvalue weighted by Gasteiger charge is -2.38. The fraction of sp³-hybridized carbons (Fsp3) is 0.455. The molecule has 0 bridgehead atoms. The predicted octanol–water partition coefficient (Wildman–Crippen LogP) is 0.915. The molecular formula is C22H31N5O4S. The van der Waals surface area contributed by atoms with E-state index in [-0.39, 0.29) is 23.1 Å². The molecule has 0 unspecified atom stereocenters. The number of carbonyl (C=O) groups excluding carboxylic acids is 1. The molecular weight excluding hydrogens is 430 g/mol. The Bertz CT molecular complexity index is 1020. The Kier molecular flexibility index (Phi) is 7.83. The molecule has 0 radical (unpaired) electrons. The Morgan fingerprint density at radius 3 is 2.47 bits per heavy atom. The van der Waals surface area contributed by atoms with Crippen LogP contribution in [-0.2, 0) is 14.8 Å². The number of nitrogens with zero attached hydrogens (tertiary/aromatic N) is 3. The first-order valence-corrected chi connectivity index (χ1v) is 12.1. The Balaban J connectivity index is 1.83. The highest BCUT2D eigenvalue weighted by molar-refractivity contribution is 7.89. The van der Waals surface area contributed by atoms with Crippen molar-refractivity contribution in [2.45, 2.75) is 30.8 Å². The van der Waals surface area contributed by atoms with Crippen molar-refractivity contribution in [3.8, 4) is 16.9 Å². The van der Waals surface area contributed by atoms with Crippen molar-refractivity contribution >= 4 is 15.9 Å². The van der Waals surface area contributed by atoms with E-state index >= 15 is 0 Å². The first-order chi connectivity index (χ1) is 15.3. The lowest BCUT2D eigenvalue weighted by Crippen LogP contribution is -2.57. The van der Waals surface area contributed by atoms with Crippen LogP contribution in [0.2, 0.25) is 0 Å². The maximum absolute atomic E-state index is 13.3. The van der Waals surface area contributed by atoms with E-state index in [9.17, 15) is 13.2 Å². The number of para-hydroxylation sites is 1. The van der Waals surface area contributed by atoms with E-state index in [0.29, 0.717) is 24.7 Å². The van der Waals surface area contributed by atoms with Gasteiger partial charge in [-0.25, -0.2) is 8.42 Å². The molecule has 1 aromatic carbocycles. The molecule has 0 aliphatic carbocycles. The van der Waals surface area contributed by atoms with Gasteiger partial charge in [0.25, 0.3) is 0 Å². The summed E-state index contributed by atoms with van der Waals surface area (Å²) < 4.78 is 34.5. The van der Waals surface area contributed by atoms with Crippen LogP contribution in [0.5, 0.6) is 5.75 Å². The Morgan fingerprint density at radius 1 is 1.19 bits per heavy atom. The average molecular weight is 462 g/mol. The van der Waals surface area contributed by atoms with Crippen molar-refractivity contribution in [2.24, 2.45) is 5.73 Å². The van der Waals surface area contributed by atoms with Gasteiger partial charge in [0.15, 0.2) is 0 Å². The fourth-order valence-corrected chi connectivity index (χ4v) is 5.21. The van der Waals surface area contributed by atoms with Crippen LogP contribution in [0.3, 0.4) is 0 Å². The van der Waals surface area contributed by atoms with Crippen molar-refractivity contribution < 1.29 is 17.9 Å². The van der Waals surface area contributed by atoms with Crippen molar-refractivity contribution in [3.05, 3.63) is 42.7 Å². The van der Waals surface area contributed by atoms with Gasteiger partial charge >= 0.3 is 0 Å². The average Bonchev–Trinajstić information content (AvgIpc) is 2.82. The molecule has 9 nitrogen and oxygen atoms in total. The third kappa shape index (κ3) is 5.26. The molecule has 1 amide bonds. The second-order valence-electron chi connectivity index (χ2n) is 7.94. The number of carbonyl (C=O) groups is 1. The first-order valence-electron chi connectivity index (χ1n) is 10.6. The second-order valence-corrected chi connectivity index (χ2v) is 9.63. The molecule has 32 heavy (non-hydrogen) atoms. The fourth-order valence-electron chi connectivity index (χ4n) is 3.82. The Hall–Kier alpha value is -2.53. The third-order valence-electron chi connectivity index (χ3n) is 5.63. The number of methoxy groups -OCH3 is 1. The van der Waals surface area contributed by atoms with Crippen molar-refractivity contribution in [1.29, 1.82) is 0 Å². The van der Waals surface area contributed by atoms with Crippen LogP contribution in [0.25, 0.3) is 11.1 Å². The molecule has 1 saturated heterocycles. The summed E-state index contributed by atoms with van der Waals surface area (Å²) in [6, 6.07) is 7.75. The minimum Gasteiger partial charge on any atom is -0.495 e. The number of nitrogens with one attached hydrogen (secondary N) is 1. The monoisotopic (exact) mass is 461 g/mol. The summed E-state index contributed by atoms with van der Waals surface area (Å²) in [5, 5.41) is 0. The van der Waals surface area contributed by atoms with E-state index in [1.54, 1.807) is 35.5 Å². The number of hydrogen-bond donors (Lipinski definition) is 2. The van der Waals surface area contributed by atoms with E-state index in [4.69, 9.17) is 10.5 Å². The number of ether oxygens (including phenoxy) is 1. The summed E-state index contributed by atoms with van der Waals surface area (Å²) in [6.07, 6.45) is 3.27. The van der Waals surface area contributed by atoms with Gasteiger partial charge in [0.2, 0.25) is 15.9 Å². The summed E-state index contributed by atoms with van der Waals surface area (Å²) >= 11 is 0. The largest absolute Gasteiger partial charge is 0.495 e. The second kappa shape index (κ2) is 10.4. The molecule has 174 valence electrons. The number of piperazine rings is 1. The summed E-state index contributed by atoms with van der Waals surface area (Å²) in [4.78, 5) is 21.0. The normalized spacial score (nSPS) is 16.2. The van der Waals surface area contributed by atoms with Crippen LogP contribution in [0, 0.1) is 0 Å². The van der Waals surface area contributed by atoms with Gasteiger partial charge in [-0.2, -0.15) is 4.72 Å². The van der Waals surface area contributed by atoms with Crippen molar-refractivity contribution in [1.82, 2.24) is 19.5 Å². The van der Waals surface area contributed by atoms with Crippen LogP contribution < -0.4 is 15.2 Å². The molecule has 0 spiro atoms. The van der Waals surface area contributed by atoms with Gasteiger partial charge < -0.3 is 15.4 Å². The number of pyridine rings is 1. The Morgan fingerprint density at radius 2 is 1.91 bits per heavy atom. The zero-order chi connectivity index (χ0) is 23.3. The molecule has 2 aromatic rings. The highest BCUT2D eigenvalue weighted by atomic mass is 32.2. The van der Waals surface area contributed by atoms with Gasteiger partial charge in [-0.15, -0.1) is 0 Å². The summed E-state index contributed by atoms with van der Waals surface area (Å²) in [5.41, 5.74) is 7.11. The van der Waals surface area contributed by atoms with E-state index in [1.165, 1.54) is 13.2 Å². The molecule has 3 N–H and O–H groups in total. The van der Waals surface area contributed by atoms with Crippen LogP contribution in [0.4, 0.5) is 0 Å². The summed E-state index contributed by atoms with van der Waals surface area (Å²) in [7, 11) is -2.68. The van der Waals surface area contributed by atoms with Gasteiger partial charge in [0.05, 0.1) is 7.11 Å². The maximum atomic E-state index is 13.3. The predicted molar refractivity (Wildman–Crippen MR) is 123 cm³/mol. The summed E-state index contributed by atoms with van der Waals surface area (Å²) in [5.74, 6) is -0.136. The van der Waals surface area contributed by atoms with Crippen molar-refractivity contribution in [3.63, 3.8) is 0 Å². The lowest BCUT2D eigenvalue weighted by atomic mass is 10.1. The number of aromatic nitrogens is 1. The van der Waals surface area contributed by atoms with Crippen LogP contribution in [0.1, 0.15) is 13.8 Å². The number of amides is 1.